The van der Waals surface area contributed by atoms with Crippen LogP contribution in [0.25, 0.3) is 0 Å². The first-order chi connectivity index (χ1) is 8.75. The molecule has 0 saturated carbocycles. The highest BCUT2D eigenvalue weighted by atomic mass is 19.3. The molecule has 7 nitrogen and oxygen atoms in total. The molecule has 0 amide bonds. The average Bonchev–Trinajstić information content (AvgIpc) is 2.29. The first-order valence-electron chi connectivity index (χ1n) is 4.89. The molecule has 0 aliphatic rings. The Morgan fingerprint density at radius 1 is 1.47 bits per heavy atom. The van der Waals surface area contributed by atoms with E-state index in [0.717, 1.165) is 19.1 Å². The van der Waals surface area contributed by atoms with E-state index in [0.29, 0.717) is 0 Å². The number of nitrogens with zero attached hydrogens (tertiary/aromatic N) is 1. The Labute approximate surface area is 105 Å². The number of nitro groups is 1. The monoisotopic (exact) mass is 277 g/mol. The van der Waals surface area contributed by atoms with Crippen LogP contribution in [0.1, 0.15) is 17.2 Å². The standard InChI is InChI=1S/C10H9F2NO6/c1-4-6(19-10(11)12)3-2-5(13(17)18)7(4)8(14)9(15)16/h2-3,8,10,14H,1H3,(H,15,16). The number of carboxylic acid groups (broad SMARTS) is 1. The molecule has 2 N–H and O–H groups in total. The highest BCUT2D eigenvalue weighted by Crippen LogP contribution is 2.35. The zero-order valence-electron chi connectivity index (χ0n) is 9.54. The number of benzene rings is 1. The van der Waals surface area contributed by atoms with Crippen molar-refractivity contribution in [1.29, 1.82) is 0 Å². The lowest BCUT2D eigenvalue weighted by molar-refractivity contribution is -0.386. The number of hydrogen-bond acceptors (Lipinski definition) is 5. The Bertz CT molecular complexity index is 519. The predicted molar refractivity (Wildman–Crippen MR) is 57.1 cm³/mol. The number of carboxylic acids is 1. The van der Waals surface area contributed by atoms with E-state index in [1.54, 1.807) is 0 Å². The maximum Gasteiger partial charge on any atom is 0.387 e. The number of nitro benzene ring substituents is 1. The Morgan fingerprint density at radius 3 is 2.47 bits per heavy atom. The number of aliphatic hydroxyl groups excluding tert-OH is 1. The van der Waals surface area contributed by atoms with Gasteiger partial charge in [-0.3, -0.25) is 10.1 Å². The van der Waals surface area contributed by atoms with Gasteiger partial charge in [-0.25, -0.2) is 4.79 Å². The van der Waals surface area contributed by atoms with Crippen LogP contribution in [0.4, 0.5) is 14.5 Å². The number of hydrogen-bond donors (Lipinski definition) is 2. The van der Waals surface area contributed by atoms with E-state index in [2.05, 4.69) is 4.74 Å². The van der Waals surface area contributed by atoms with Crippen LogP contribution in [0.5, 0.6) is 5.75 Å². The lowest BCUT2D eigenvalue weighted by Gasteiger charge is -2.14. The van der Waals surface area contributed by atoms with Gasteiger partial charge in [0, 0.05) is 11.6 Å². The van der Waals surface area contributed by atoms with Gasteiger partial charge in [0.15, 0.2) is 6.10 Å². The Hall–Kier alpha value is -2.29. The van der Waals surface area contributed by atoms with Gasteiger partial charge in [-0.2, -0.15) is 8.78 Å². The SMILES string of the molecule is Cc1c(OC(F)F)ccc([N+](=O)[O-])c1C(O)C(=O)O. The number of aliphatic carboxylic acids is 1. The molecule has 1 aromatic carbocycles. The molecule has 0 saturated heterocycles. The van der Waals surface area contributed by atoms with Crippen molar-refractivity contribution in [1.82, 2.24) is 0 Å². The highest BCUT2D eigenvalue weighted by molar-refractivity contribution is 5.77. The topological polar surface area (TPSA) is 110 Å². The largest absolute Gasteiger partial charge is 0.479 e. The molecule has 0 spiro atoms. The normalized spacial score (nSPS) is 12.3. The third kappa shape index (κ3) is 3.13. The first-order valence-corrected chi connectivity index (χ1v) is 4.89. The molecule has 9 heteroatoms. The molecular weight excluding hydrogens is 268 g/mol. The van der Waals surface area contributed by atoms with Gasteiger partial charge in [0.1, 0.15) is 5.75 Å². The van der Waals surface area contributed by atoms with Crippen molar-refractivity contribution < 1.29 is 33.4 Å². The van der Waals surface area contributed by atoms with E-state index in [1.807, 2.05) is 0 Å². The molecule has 0 bridgehead atoms. The molecule has 1 unspecified atom stereocenters. The molecular formula is C10H9F2NO6. The molecule has 19 heavy (non-hydrogen) atoms. The van der Waals surface area contributed by atoms with Gasteiger partial charge >= 0.3 is 12.6 Å². The van der Waals surface area contributed by atoms with Gasteiger partial charge in [-0.1, -0.05) is 0 Å². The number of carbonyl (C=O) groups is 1. The van der Waals surface area contributed by atoms with Crippen LogP contribution in [-0.2, 0) is 4.79 Å². The fourth-order valence-corrected chi connectivity index (χ4v) is 1.55. The van der Waals surface area contributed by atoms with Gasteiger partial charge in [0.25, 0.3) is 5.69 Å². The van der Waals surface area contributed by atoms with Crippen molar-refractivity contribution in [3.8, 4) is 5.75 Å². The van der Waals surface area contributed by atoms with Gasteiger partial charge in [-0.05, 0) is 13.0 Å². The van der Waals surface area contributed by atoms with Crippen LogP contribution in [0.3, 0.4) is 0 Å². The molecule has 1 aromatic rings. The predicted octanol–water partition coefficient (Wildman–Crippen LogP) is 1.62. The Kier molecular flexibility index (Phi) is 4.33. The summed E-state index contributed by atoms with van der Waals surface area (Å²) >= 11 is 0. The molecule has 0 aliphatic heterocycles. The summed E-state index contributed by atoms with van der Waals surface area (Å²) < 4.78 is 28.3. The van der Waals surface area contributed by atoms with Crippen molar-refractivity contribution in [2.24, 2.45) is 0 Å². The highest BCUT2D eigenvalue weighted by Gasteiger charge is 2.30. The van der Waals surface area contributed by atoms with Gasteiger partial charge < -0.3 is 14.9 Å². The number of halogens is 2. The van der Waals surface area contributed by atoms with Crippen LogP contribution >= 0.6 is 0 Å². The van der Waals surface area contributed by atoms with Gasteiger partial charge in [-0.15, -0.1) is 0 Å². The summed E-state index contributed by atoms with van der Waals surface area (Å²) in [6.45, 7) is -2.03. The van der Waals surface area contributed by atoms with E-state index in [9.17, 15) is 28.8 Å². The van der Waals surface area contributed by atoms with E-state index in [4.69, 9.17) is 5.11 Å². The quantitative estimate of drug-likeness (QED) is 0.625. The second kappa shape index (κ2) is 5.57. The van der Waals surface area contributed by atoms with E-state index in [1.165, 1.54) is 0 Å². The smallest absolute Gasteiger partial charge is 0.387 e. The summed E-state index contributed by atoms with van der Waals surface area (Å²) in [5.74, 6) is -2.17. The second-order valence-electron chi connectivity index (χ2n) is 3.50. The zero-order chi connectivity index (χ0) is 14.7. The minimum Gasteiger partial charge on any atom is -0.479 e. The molecule has 0 aromatic heterocycles. The van der Waals surface area contributed by atoms with Crippen LogP contribution in [0.2, 0.25) is 0 Å². The minimum atomic E-state index is -3.17. The maximum atomic E-state index is 12.1. The Morgan fingerprint density at radius 2 is 2.05 bits per heavy atom. The van der Waals surface area contributed by atoms with Crippen molar-refractivity contribution in [3.05, 3.63) is 33.4 Å². The van der Waals surface area contributed by atoms with Crippen LogP contribution in [-0.4, -0.2) is 27.7 Å². The first kappa shape index (κ1) is 14.8. The molecule has 0 heterocycles. The van der Waals surface area contributed by atoms with Crippen LogP contribution < -0.4 is 4.74 Å². The van der Waals surface area contributed by atoms with Crippen molar-refractivity contribution in [3.63, 3.8) is 0 Å². The molecule has 1 atom stereocenters. The molecule has 104 valence electrons. The minimum absolute atomic E-state index is 0.232. The Balaban J connectivity index is 3.44. The van der Waals surface area contributed by atoms with Crippen molar-refractivity contribution in [2.45, 2.75) is 19.6 Å². The third-order valence-electron chi connectivity index (χ3n) is 2.36. The summed E-state index contributed by atoms with van der Waals surface area (Å²) in [4.78, 5) is 20.5. The molecule has 1 rings (SSSR count). The fraction of sp³-hybridized carbons (Fsp3) is 0.300. The molecule has 0 aliphatic carbocycles. The number of ether oxygens (including phenoxy) is 1. The second-order valence-corrected chi connectivity index (χ2v) is 3.50. The van der Waals surface area contributed by atoms with E-state index in [-0.39, 0.29) is 5.56 Å². The lowest BCUT2D eigenvalue weighted by atomic mass is 10.00. The summed E-state index contributed by atoms with van der Waals surface area (Å²) in [5, 5.41) is 28.8. The van der Waals surface area contributed by atoms with Crippen molar-refractivity contribution >= 4 is 11.7 Å². The summed E-state index contributed by atoms with van der Waals surface area (Å²) in [6, 6.07) is 1.71. The lowest BCUT2D eigenvalue weighted by Crippen LogP contribution is -2.15. The molecule has 0 fully saturated rings. The number of alkyl halides is 2. The summed E-state index contributed by atoms with van der Waals surface area (Å²) in [6.07, 6.45) is -2.21. The maximum absolute atomic E-state index is 12.1. The van der Waals surface area contributed by atoms with Crippen molar-refractivity contribution in [2.75, 3.05) is 0 Å². The van der Waals surface area contributed by atoms with Crippen LogP contribution in [0, 0.1) is 17.0 Å². The molecule has 0 radical (unpaired) electrons. The fourth-order valence-electron chi connectivity index (χ4n) is 1.55. The van der Waals surface area contributed by atoms with Gasteiger partial charge in [0.2, 0.25) is 0 Å². The number of rotatable bonds is 5. The van der Waals surface area contributed by atoms with E-state index < -0.39 is 40.6 Å². The average molecular weight is 277 g/mol. The zero-order valence-corrected chi connectivity index (χ0v) is 9.54. The van der Waals surface area contributed by atoms with Crippen LogP contribution in [0.15, 0.2) is 12.1 Å². The summed E-state index contributed by atoms with van der Waals surface area (Å²) in [5.41, 5.74) is -1.51. The number of aliphatic hydroxyl groups is 1. The van der Waals surface area contributed by atoms with E-state index >= 15 is 0 Å². The summed E-state index contributed by atoms with van der Waals surface area (Å²) in [7, 11) is 0. The third-order valence-corrected chi connectivity index (χ3v) is 2.36. The van der Waals surface area contributed by atoms with Gasteiger partial charge in [0.05, 0.1) is 10.5 Å².